The molecular weight excluding hydrogens is 302 g/mol. The van der Waals surface area contributed by atoms with Crippen LogP contribution < -0.4 is 5.32 Å². The molecule has 2 aromatic rings. The number of amides is 1. The lowest BCUT2D eigenvalue weighted by Crippen LogP contribution is -2.40. The summed E-state index contributed by atoms with van der Waals surface area (Å²) < 4.78 is 0. The zero-order valence-electron chi connectivity index (χ0n) is 14.5. The van der Waals surface area contributed by atoms with Gasteiger partial charge in [0.25, 0.3) is 0 Å². The number of hydrogen-bond acceptors (Lipinski definition) is 3. The van der Waals surface area contributed by atoms with E-state index in [1.54, 1.807) is 0 Å². The zero-order valence-corrected chi connectivity index (χ0v) is 14.5. The highest BCUT2D eigenvalue weighted by Gasteiger charge is 2.45. The third-order valence-corrected chi connectivity index (χ3v) is 4.89. The van der Waals surface area contributed by atoms with E-state index in [0.29, 0.717) is 24.0 Å². The van der Waals surface area contributed by atoms with Gasteiger partial charge in [0, 0.05) is 17.5 Å². The Morgan fingerprint density at radius 2 is 1.33 bits per heavy atom. The molecule has 4 nitrogen and oxygen atoms in total. The van der Waals surface area contributed by atoms with Crippen LogP contribution in [-0.2, 0) is 10.3 Å². The Labute approximate surface area is 142 Å². The monoisotopic (exact) mass is 325 g/mol. The molecule has 1 amide bonds. The number of phenols is 2. The van der Waals surface area contributed by atoms with Gasteiger partial charge in [-0.3, -0.25) is 4.79 Å². The lowest BCUT2D eigenvalue weighted by Gasteiger charge is -2.33. The van der Waals surface area contributed by atoms with Gasteiger partial charge < -0.3 is 15.5 Å². The molecule has 3 rings (SSSR count). The van der Waals surface area contributed by atoms with E-state index in [4.69, 9.17) is 0 Å². The Balaban J connectivity index is 2.35. The van der Waals surface area contributed by atoms with Crippen LogP contribution >= 0.6 is 0 Å². The standard InChI is InChI=1S/C20H23NO3/c1-11-7-13(3)18(23)15(9-11)20(6-5-17(22)21-20)16-10-12(2)8-14(4)19(16)24/h7-10,23-24H,5-6H2,1-4H3,(H,21,22). The van der Waals surface area contributed by atoms with Crippen LogP contribution in [-0.4, -0.2) is 16.1 Å². The first-order valence-electron chi connectivity index (χ1n) is 8.17. The number of nitrogens with one attached hydrogen (secondary N) is 1. The van der Waals surface area contributed by atoms with Crippen molar-refractivity contribution in [1.29, 1.82) is 0 Å². The van der Waals surface area contributed by atoms with Crippen molar-refractivity contribution in [3.8, 4) is 11.5 Å². The molecular formula is C20H23NO3. The van der Waals surface area contributed by atoms with Crippen molar-refractivity contribution < 1.29 is 15.0 Å². The van der Waals surface area contributed by atoms with E-state index < -0.39 is 5.54 Å². The first-order chi connectivity index (χ1) is 11.2. The molecule has 126 valence electrons. The minimum absolute atomic E-state index is 0.0767. The van der Waals surface area contributed by atoms with Gasteiger partial charge in [0.1, 0.15) is 11.5 Å². The molecule has 1 aliphatic heterocycles. The number of rotatable bonds is 2. The first-order valence-corrected chi connectivity index (χ1v) is 8.17. The summed E-state index contributed by atoms with van der Waals surface area (Å²) in [6, 6.07) is 7.60. The summed E-state index contributed by atoms with van der Waals surface area (Å²) in [5.41, 5.74) is 3.91. The van der Waals surface area contributed by atoms with Crippen molar-refractivity contribution in [2.24, 2.45) is 0 Å². The Morgan fingerprint density at radius 1 is 0.875 bits per heavy atom. The van der Waals surface area contributed by atoms with Crippen LogP contribution in [0.3, 0.4) is 0 Å². The van der Waals surface area contributed by atoms with Crippen LogP contribution in [0, 0.1) is 27.7 Å². The maximum Gasteiger partial charge on any atom is 0.221 e. The minimum Gasteiger partial charge on any atom is -0.507 e. The molecule has 4 heteroatoms. The summed E-state index contributed by atoms with van der Waals surface area (Å²) >= 11 is 0. The topological polar surface area (TPSA) is 69.6 Å². The number of phenolic OH excluding ortho intramolecular Hbond substituents is 2. The number of carbonyl (C=O) groups excluding carboxylic acids is 1. The van der Waals surface area contributed by atoms with Crippen LogP contribution in [0.5, 0.6) is 11.5 Å². The lowest BCUT2D eigenvalue weighted by atomic mass is 9.78. The molecule has 1 fully saturated rings. The fourth-order valence-electron chi connectivity index (χ4n) is 3.78. The fraction of sp³-hybridized carbons (Fsp3) is 0.350. The predicted molar refractivity (Wildman–Crippen MR) is 93.3 cm³/mol. The second-order valence-electron chi connectivity index (χ2n) is 6.91. The summed E-state index contributed by atoms with van der Waals surface area (Å²) in [5.74, 6) is 0.259. The van der Waals surface area contributed by atoms with Crippen molar-refractivity contribution in [3.63, 3.8) is 0 Å². The van der Waals surface area contributed by atoms with Crippen molar-refractivity contribution in [2.75, 3.05) is 0 Å². The van der Waals surface area contributed by atoms with Gasteiger partial charge in [0.05, 0.1) is 5.54 Å². The zero-order chi connectivity index (χ0) is 17.6. The van der Waals surface area contributed by atoms with Crippen LogP contribution in [0.15, 0.2) is 24.3 Å². The molecule has 1 aliphatic rings. The summed E-state index contributed by atoms with van der Waals surface area (Å²) in [4.78, 5) is 12.1. The van der Waals surface area contributed by atoms with E-state index in [9.17, 15) is 15.0 Å². The molecule has 0 aliphatic carbocycles. The molecule has 0 unspecified atom stereocenters. The Bertz CT molecular complexity index is 782. The highest BCUT2D eigenvalue weighted by atomic mass is 16.3. The number of aryl methyl sites for hydroxylation is 4. The van der Waals surface area contributed by atoms with Crippen LogP contribution in [0.1, 0.15) is 46.2 Å². The minimum atomic E-state index is -0.904. The van der Waals surface area contributed by atoms with Gasteiger partial charge in [-0.25, -0.2) is 0 Å². The number of aromatic hydroxyl groups is 2. The number of hydrogen-bond donors (Lipinski definition) is 3. The van der Waals surface area contributed by atoms with Crippen molar-refractivity contribution in [3.05, 3.63) is 57.6 Å². The average Bonchev–Trinajstić information content (AvgIpc) is 2.89. The van der Waals surface area contributed by atoms with Crippen molar-refractivity contribution in [2.45, 2.75) is 46.1 Å². The largest absolute Gasteiger partial charge is 0.507 e. The van der Waals surface area contributed by atoms with E-state index in [1.165, 1.54) is 0 Å². The third-order valence-electron chi connectivity index (χ3n) is 4.89. The van der Waals surface area contributed by atoms with Gasteiger partial charge in [-0.2, -0.15) is 0 Å². The molecule has 0 atom stereocenters. The Kier molecular flexibility index (Phi) is 3.78. The van der Waals surface area contributed by atoms with E-state index in [-0.39, 0.29) is 17.4 Å². The van der Waals surface area contributed by atoms with Gasteiger partial charge in [-0.15, -0.1) is 0 Å². The fourth-order valence-corrected chi connectivity index (χ4v) is 3.78. The molecule has 2 aromatic carbocycles. The second-order valence-corrected chi connectivity index (χ2v) is 6.91. The Morgan fingerprint density at radius 3 is 1.71 bits per heavy atom. The van der Waals surface area contributed by atoms with Gasteiger partial charge in [0.15, 0.2) is 0 Å². The summed E-state index contributed by atoms with van der Waals surface area (Å²) in [7, 11) is 0. The predicted octanol–water partition coefficient (Wildman–Crippen LogP) is 3.49. The Hall–Kier alpha value is -2.49. The van der Waals surface area contributed by atoms with Gasteiger partial charge in [-0.1, -0.05) is 23.3 Å². The molecule has 24 heavy (non-hydrogen) atoms. The molecule has 0 saturated carbocycles. The normalized spacial score (nSPS) is 16.2. The highest BCUT2D eigenvalue weighted by Crippen LogP contribution is 2.47. The van der Waals surface area contributed by atoms with Crippen molar-refractivity contribution >= 4 is 5.91 Å². The lowest BCUT2D eigenvalue weighted by molar-refractivity contribution is -0.119. The molecule has 3 N–H and O–H groups in total. The van der Waals surface area contributed by atoms with Crippen LogP contribution in [0.4, 0.5) is 0 Å². The van der Waals surface area contributed by atoms with E-state index in [1.807, 2.05) is 52.0 Å². The van der Waals surface area contributed by atoms with E-state index >= 15 is 0 Å². The molecule has 0 aromatic heterocycles. The molecule has 1 saturated heterocycles. The molecule has 0 spiro atoms. The third kappa shape index (κ3) is 2.42. The first kappa shape index (κ1) is 16.4. The van der Waals surface area contributed by atoms with Gasteiger partial charge in [0.2, 0.25) is 5.91 Å². The maximum absolute atomic E-state index is 12.1. The average molecular weight is 325 g/mol. The highest BCUT2D eigenvalue weighted by molar-refractivity contribution is 5.82. The summed E-state index contributed by atoms with van der Waals surface area (Å²) in [6.07, 6.45) is 0.859. The van der Waals surface area contributed by atoms with Crippen LogP contribution in [0.25, 0.3) is 0 Å². The van der Waals surface area contributed by atoms with E-state index in [0.717, 1.165) is 22.3 Å². The van der Waals surface area contributed by atoms with Gasteiger partial charge >= 0.3 is 0 Å². The molecule has 1 heterocycles. The summed E-state index contributed by atoms with van der Waals surface area (Å²) in [5, 5.41) is 24.4. The number of carbonyl (C=O) groups is 1. The maximum atomic E-state index is 12.1. The second kappa shape index (κ2) is 5.55. The quantitative estimate of drug-likeness (QED) is 0.791. The molecule has 0 bridgehead atoms. The van der Waals surface area contributed by atoms with E-state index in [2.05, 4.69) is 5.32 Å². The SMILES string of the molecule is Cc1cc(C)c(O)c(C2(c3cc(C)cc(C)c3O)CCC(=O)N2)c1. The number of benzene rings is 2. The van der Waals surface area contributed by atoms with Crippen LogP contribution in [0.2, 0.25) is 0 Å². The summed E-state index contributed by atoms with van der Waals surface area (Å²) in [6.45, 7) is 7.61. The van der Waals surface area contributed by atoms with Gasteiger partial charge in [-0.05, 0) is 57.4 Å². The van der Waals surface area contributed by atoms with Crippen molar-refractivity contribution in [1.82, 2.24) is 5.32 Å². The molecule has 0 radical (unpaired) electrons. The smallest absolute Gasteiger partial charge is 0.221 e.